The van der Waals surface area contributed by atoms with Crippen molar-refractivity contribution in [2.75, 3.05) is 16.8 Å². The van der Waals surface area contributed by atoms with Crippen molar-refractivity contribution in [1.82, 2.24) is 0 Å². The third-order valence-electron chi connectivity index (χ3n) is 4.80. The number of fused-ring (bicyclic) bond motifs is 2. The van der Waals surface area contributed by atoms with Crippen molar-refractivity contribution in [3.8, 4) is 0 Å². The number of carbonyl (C=O) groups excluding carboxylic acids is 2. The summed E-state index contributed by atoms with van der Waals surface area (Å²) in [7, 11) is 0. The summed E-state index contributed by atoms with van der Waals surface area (Å²) in [5.74, 6) is -0.395. The molecule has 2 unspecified atom stereocenters. The number of anilines is 2. The highest BCUT2D eigenvalue weighted by Gasteiger charge is 2.47. The van der Waals surface area contributed by atoms with E-state index in [4.69, 9.17) is 0 Å². The van der Waals surface area contributed by atoms with Gasteiger partial charge in [0.1, 0.15) is 0 Å². The van der Waals surface area contributed by atoms with Crippen LogP contribution in [0.15, 0.2) is 30.4 Å². The van der Waals surface area contributed by atoms with Gasteiger partial charge in [0.2, 0.25) is 11.8 Å². The Labute approximate surface area is 123 Å². The molecule has 108 valence electrons. The van der Waals surface area contributed by atoms with Crippen LogP contribution in [0.5, 0.6) is 0 Å². The van der Waals surface area contributed by atoms with Crippen LogP contribution in [0.4, 0.5) is 11.4 Å². The molecule has 2 amide bonds. The molecule has 21 heavy (non-hydrogen) atoms. The van der Waals surface area contributed by atoms with Gasteiger partial charge in [-0.2, -0.15) is 0 Å². The van der Waals surface area contributed by atoms with Gasteiger partial charge in [0.25, 0.3) is 0 Å². The van der Waals surface area contributed by atoms with Gasteiger partial charge in [0.15, 0.2) is 0 Å². The first kappa shape index (κ1) is 12.6. The Bertz CT molecular complexity index is 624. The van der Waals surface area contributed by atoms with Crippen LogP contribution in [0.2, 0.25) is 0 Å². The van der Waals surface area contributed by atoms with E-state index in [1.807, 2.05) is 30.4 Å². The molecule has 2 atom stereocenters. The Morgan fingerprint density at radius 2 is 1.76 bits per heavy atom. The third-order valence-corrected chi connectivity index (χ3v) is 4.80. The monoisotopic (exact) mass is 282 g/mol. The Morgan fingerprint density at radius 3 is 2.48 bits per heavy atom. The van der Waals surface area contributed by atoms with E-state index < -0.39 is 0 Å². The van der Waals surface area contributed by atoms with Crippen molar-refractivity contribution in [1.29, 1.82) is 0 Å². The van der Waals surface area contributed by atoms with Crippen LogP contribution in [0.1, 0.15) is 24.8 Å². The van der Waals surface area contributed by atoms with Gasteiger partial charge >= 0.3 is 0 Å². The van der Waals surface area contributed by atoms with Gasteiger partial charge in [-0.05, 0) is 43.4 Å². The van der Waals surface area contributed by atoms with Crippen LogP contribution in [0.3, 0.4) is 0 Å². The van der Waals surface area contributed by atoms with E-state index >= 15 is 0 Å². The molecule has 1 saturated heterocycles. The van der Waals surface area contributed by atoms with Gasteiger partial charge < -0.3 is 5.32 Å². The molecule has 3 aliphatic rings. The van der Waals surface area contributed by atoms with E-state index in [1.165, 1.54) is 10.5 Å². The lowest BCUT2D eigenvalue weighted by Gasteiger charge is -2.21. The highest BCUT2D eigenvalue weighted by Crippen LogP contribution is 2.39. The smallest absolute Gasteiger partial charge is 0.238 e. The molecule has 1 N–H and O–H groups in total. The lowest BCUT2D eigenvalue weighted by molar-refractivity contribution is -0.122. The van der Waals surface area contributed by atoms with E-state index in [2.05, 4.69) is 5.32 Å². The number of rotatable bonds is 1. The number of benzene rings is 1. The van der Waals surface area contributed by atoms with Gasteiger partial charge in [-0.15, -0.1) is 0 Å². The second-order valence-electron chi connectivity index (χ2n) is 6.04. The van der Waals surface area contributed by atoms with Crippen molar-refractivity contribution in [3.05, 3.63) is 35.9 Å². The average molecular weight is 282 g/mol. The zero-order valence-corrected chi connectivity index (χ0v) is 11.8. The largest absolute Gasteiger partial charge is 0.385 e. The number of nitrogens with zero attached hydrogens (tertiary/aromatic N) is 1. The zero-order valence-electron chi connectivity index (χ0n) is 11.8. The van der Waals surface area contributed by atoms with Crippen LogP contribution >= 0.6 is 0 Å². The minimum absolute atomic E-state index is 0.0369. The van der Waals surface area contributed by atoms with Crippen LogP contribution in [-0.2, 0) is 16.0 Å². The molecule has 0 spiro atoms. The number of carbonyl (C=O) groups is 2. The maximum Gasteiger partial charge on any atom is 0.238 e. The SMILES string of the molecule is O=C1C2CC=CCC2C(=O)N1c1ccc2c(c1)NCCC2. The minimum Gasteiger partial charge on any atom is -0.385 e. The summed E-state index contributed by atoms with van der Waals surface area (Å²) in [6.45, 7) is 0.952. The first-order chi connectivity index (χ1) is 10.3. The van der Waals surface area contributed by atoms with Gasteiger partial charge in [0, 0.05) is 12.2 Å². The fourth-order valence-corrected chi connectivity index (χ4v) is 3.64. The molecule has 0 saturated carbocycles. The summed E-state index contributed by atoms with van der Waals surface area (Å²) < 4.78 is 0. The van der Waals surface area contributed by atoms with Gasteiger partial charge in [-0.25, -0.2) is 4.90 Å². The Hall–Kier alpha value is -2.10. The molecular weight excluding hydrogens is 264 g/mol. The van der Waals surface area contributed by atoms with Crippen LogP contribution < -0.4 is 10.2 Å². The number of imide groups is 1. The van der Waals surface area contributed by atoms with Crippen LogP contribution in [0, 0.1) is 11.8 Å². The van der Waals surface area contributed by atoms with Crippen molar-refractivity contribution in [2.45, 2.75) is 25.7 Å². The molecule has 1 fully saturated rings. The summed E-state index contributed by atoms with van der Waals surface area (Å²) in [5, 5.41) is 3.36. The standard InChI is InChI=1S/C17H18N2O2/c20-16-13-5-1-2-6-14(13)17(21)19(16)12-8-7-11-4-3-9-18-15(11)10-12/h1-2,7-8,10,13-14,18H,3-6,9H2. The number of amides is 2. The molecule has 0 bridgehead atoms. The van der Waals surface area contributed by atoms with E-state index in [-0.39, 0.29) is 23.7 Å². The minimum atomic E-state index is -0.161. The molecule has 2 heterocycles. The first-order valence-corrected chi connectivity index (χ1v) is 7.65. The average Bonchev–Trinajstić information content (AvgIpc) is 2.79. The molecule has 4 rings (SSSR count). The number of nitrogens with one attached hydrogen (secondary N) is 1. The quantitative estimate of drug-likeness (QED) is 0.636. The molecule has 1 aromatic rings. The number of allylic oxidation sites excluding steroid dienone is 2. The molecular formula is C17H18N2O2. The van der Waals surface area contributed by atoms with Crippen molar-refractivity contribution in [3.63, 3.8) is 0 Å². The number of aryl methyl sites for hydroxylation is 1. The summed E-state index contributed by atoms with van der Waals surface area (Å²) in [6, 6.07) is 5.90. The fraction of sp³-hybridized carbons (Fsp3) is 0.412. The predicted octanol–water partition coefficient (Wildman–Crippen LogP) is 2.50. The zero-order chi connectivity index (χ0) is 14.4. The molecule has 4 nitrogen and oxygen atoms in total. The second-order valence-corrected chi connectivity index (χ2v) is 6.04. The maximum atomic E-state index is 12.6. The predicted molar refractivity (Wildman–Crippen MR) is 81.1 cm³/mol. The number of hydrogen-bond donors (Lipinski definition) is 1. The topological polar surface area (TPSA) is 49.4 Å². The summed E-state index contributed by atoms with van der Waals surface area (Å²) >= 11 is 0. The van der Waals surface area contributed by atoms with E-state index in [1.54, 1.807) is 0 Å². The van der Waals surface area contributed by atoms with Crippen molar-refractivity contribution >= 4 is 23.2 Å². The maximum absolute atomic E-state index is 12.6. The Kier molecular flexibility index (Phi) is 2.84. The lowest BCUT2D eigenvalue weighted by Crippen LogP contribution is -2.31. The fourth-order valence-electron chi connectivity index (χ4n) is 3.64. The van der Waals surface area contributed by atoms with Gasteiger partial charge in [0.05, 0.1) is 17.5 Å². The molecule has 0 radical (unpaired) electrons. The molecule has 4 heteroatoms. The van der Waals surface area contributed by atoms with Gasteiger partial charge in [-0.1, -0.05) is 18.2 Å². The second kappa shape index (κ2) is 4.72. The normalized spacial score (nSPS) is 27.3. The van der Waals surface area contributed by atoms with E-state index in [0.717, 1.165) is 25.1 Å². The molecule has 0 aromatic heterocycles. The van der Waals surface area contributed by atoms with Crippen LogP contribution in [0.25, 0.3) is 0 Å². The molecule has 1 aliphatic carbocycles. The number of hydrogen-bond acceptors (Lipinski definition) is 3. The Balaban J connectivity index is 1.70. The van der Waals surface area contributed by atoms with Gasteiger partial charge in [-0.3, -0.25) is 9.59 Å². The summed E-state index contributed by atoms with van der Waals surface area (Å²) in [5.41, 5.74) is 3.04. The summed E-state index contributed by atoms with van der Waals surface area (Å²) in [6.07, 6.45) is 7.60. The molecule has 1 aromatic carbocycles. The van der Waals surface area contributed by atoms with Crippen molar-refractivity contribution in [2.24, 2.45) is 11.8 Å². The van der Waals surface area contributed by atoms with E-state index in [0.29, 0.717) is 18.5 Å². The highest BCUT2D eigenvalue weighted by atomic mass is 16.2. The lowest BCUT2D eigenvalue weighted by atomic mass is 9.85. The molecule has 2 aliphatic heterocycles. The van der Waals surface area contributed by atoms with E-state index in [9.17, 15) is 9.59 Å². The highest BCUT2D eigenvalue weighted by molar-refractivity contribution is 6.22. The van der Waals surface area contributed by atoms with Crippen molar-refractivity contribution < 1.29 is 9.59 Å². The summed E-state index contributed by atoms with van der Waals surface area (Å²) in [4.78, 5) is 26.5. The van der Waals surface area contributed by atoms with Crippen LogP contribution in [-0.4, -0.2) is 18.4 Å². The Morgan fingerprint density at radius 1 is 1.05 bits per heavy atom. The third kappa shape index (κ3) is 1.89. The first-order valence-electron chi connectivity index (χ1n) is 7.65.